The number of hydrogen-bond acceptors (Lipinski definition) is 5. The van der Waals surface area contributed by atoms with E-state index in [0.29, 0.717) is 11.1 Å². The molecule has 0 aliphatic rings. The Hall–Kier alpha value is -2.77. The first-order valence-corrected chi connectivity index (χ1v) is 7.18. The highest BCUT2D eigenvalue weighted by atomic mass is 35.5. The summed E-state index contributed by atoms with van der Waals surface area (Å²) in [6.07, 6.45) is 0. The predicted octanol–water partition coefficient (Wildman–Crippen LogP) is 4.20. The van der Waals surface area contributed by atoms with Crippen LogP contribution in [0.15, 0.2) is 47.0 Å². The number of halogens is 2. The zero-order valence-electron chi connectivity index (χ0n) is 12.1. The summed E-state index contributed by atoms with van der Waals surface area (Å²) in [5.74, 6) is -0.263. The topological polar surface area (TPSA) is 89.4 Å². The van der Waals surface area contributed by atoms with Crippen LogP contribution in [0.3, 0.4) is 0 Å². The second kappa shape index (κ2) is 6.38. The van der Waals surface area contributed by atoms with Gasteiger partial charge >= 0.3 is 0 Å². The lowest BCUT2D eigenvalue weighted by Crippen LogP contribution is -1.91. The number of aliphatic hydroxyl groups is 1. The third-order valence-electron chi connectivity index (χ3n) is 3.47. The zero-order valence-corrected chi connectivity index (χ0v) is 12.8. The fraction of sp³-hybridized carbons (Fsp3) is 0.0625. The van der Waals surface area contributed by atoms with Crippen LogP contribution in [0, 0.1) is 15.9 Å². The second-order valence-electron chi connectivity index (χ2n) is 4.93. The number of hydrogen-bond donors (Lipinski definition) is 1. The molecule has 0 unspecified atom stereocenters. The van der Waals surface area contributed by atoms with E-state index in [2.05, 4.69) is 5.16 Å². The van der Waals surface area contributed by atoms with Gasteiger partial charge in [0.25, 0.3) is 5.69 Å². The normalized spacial score (nSPS) is 10.8. The zero-order chi connectivity index (χ0) is 17.3. The first-order chi connectivity index (χ1) is 11.5. The van der Waals surface area contributed by atoms with Gasteiger partial charge < -0.3 is 9.63 Å². The Morgan fingerprint density at radius 2 is 1.96 bits per heavy atom. The lowest BCUT2D eigenvalue weighted by atomic mass is 10.0. The van der Waals surface area contributed by atoms with Gasteiger partial charge in [0.1, 0.15) is 11.5 Å². The van der Waals surface area contributed by atoms with Crippen LogP contribution in [0.1, 0.15) is 5.56 Å². The van der Waals surface area contributed by atoms with Crippen LogP contribution in [0.25, 0.3) is 22.6 Å². The van der Waals surface area contributed by atoms with Crippen LogP contribution in [-0.2, 0) is 6.61 Å². The van der Waals surface area contributed by atoms with Crippen LogP contribution in [0.2, 0.25) is 5.02 Å². The molecule has 1 heterocycles. The second-order valence-corrected chi connectivity index (χ2v) is 5.33. The lowest BCUT2D eigenvalue weighted by molar-refractivity contribution is -0.384. The largest absolute Gasteiger partial charge is 0.391 e. The maximum atomic E-state index is 13.5. The van der Waals surface area contributed by atoms with Gasteiger partial charge in [0.2, 0.25) is 0 Å². The molecule has 3 aromatic rings. The van der Waals surface area contributed by atoms with Crippen molar-refractivity contribution in [1.82, 2.24) is 5.16 Å². The van der Waals surface area contributed by atoms with Crippen molar-refractivity contribution in [3.63, 3.8) is 0 Å². The first kappa shape index (κ1) is 16.1. The molecule has 0 radical (unpaired) electrons. The van der Waals surface area contributed by atoms with E-state index < -0.39 is 17.3 Å². The van der Waals surface area contributed by atoms with E-state index in [0.717, 1.165) is 0 Å². The summed E-state index contributed by atoms with van der Waals surface area (Å²) in [6, 6.07) is 9.37. The molecule has 0 aliphatic carbocycles. The Labute approximate surface area is 140 Å². The summed E-state index contributed by atoms with van der Waals surface area (Å²) >= 11 is 6.07. The summed E-state index contributed by atoms with van der Waals surface area (Å²) < 4.78 is 18.7. The van der Waals surface area contributed by atoms with Crippen molar-refractivity contribution >= 4 is 17.3 Å². The number of nitro groups is 1. The van der Waals surface area contributed by atoms with Gasteiger partial charge in [-0.15, -0.1) is 0 Å². The van der Waals surface area contributed by atoms with E-state index in [1.54, 1.807) is 0 Å². The van der Waals surface area contributed by atoms with Crippen LogP contribution >= 0.6 is 11.6 Å². The number of benzene rings is 2. The van der Waals surface area contributed by atoms with Crippen molar-refractivity contribution in [2.45, 2.75) is 6.61 Å². The van der Waals surface area contributed by atoms with Crippen molar-refractivity contribution in [2.24, 2.45) is 0 Å². The minimum Gasteiger partial charge on any atom is -0.391 e. The molecule has 24 heavy (non-hydrogen) atoms. The molecular formula is C16H10ClFN2O4. The Morgan fingerprint density at radius 3 is 2.58 bits per heavy atom. The fourth-order valence-corrected chi connectivity index (χ4v) is 2.51. The fourth-order valence-electron chi connectivity index (χ4n) is 2.31. The van der Waals surface area contributed by atoms with Gasteiger partial charge in [0, 0.05) is 23.3 Å². The van der Waals surface area contributed by atoms with Gasteiger partial charge in [0.05, 0.1) is 22.1 Å². The Morgan fingerprint density at radius 1 is 1.25 bits per heavy atom. The van der Waals surface area contributed by atoms with Crippen LogP contribution in [-0.4, -0.2) is 15.2 Å². The molecule has 2 aromatic carbocycles. The summed E-state index contributed by atoms with van der Waals surface area (Å²) in [5.41, 5.74) is 1.25. The summed E-state index contributed by atoms with van der Waals surface area (Å²) in [4.78, 5) is 10.2. The van der Waals surface area contributed by atoms with Gasteiger partial charge in [0.15, 0.2) is 5.76 Å². The molecule has 0 saturated heterocycles. The molecule has 122 valence electrons. The molecule has 0 aliphatic heterocycles. The molecule has 0 amide bonds. The van der Waals surface area contributed by atoms with Crippen molar-refractivity contribution in [2.75, 3.05) is 0 Å². The standard InChI is InChI=1S/C16H10ClFN2O4/c17-14-6-3-10(18)7-12(14)15-13(8-21)16(24-19-15)9-1-4-11(5-2-9)20(22)23/h1-7,21H,8H2. The van der Waals surface area contributed by atoms with Gasteiger partial charge in [-0.25, -0.2) is 4.39 Å². The maximum absolute atomic E-state index is 13.5. The third kappa shape index (κ3) is 2.86. The van der Waals surface area contributed by atoms with Gasteiger partial charge in [-0.05, 0) is 30.3 Å². The predicted molar refractivity (Wildman–Crippen MR) is 84.9 cm³/mol. The Kier molecular flexibility index (Phi) is 4.28. The van der Waals surface area contributed by atoms with E-state index in [4.69, 9.17) is 16.1 Å². The average molecular weight is 349 g/mol. The Balaban J connectivity index is 2.10. The van der Waals surface area contributed by atoms with Crippen molar-refractivity contribution < 1.29 is 18.9 Å². The molecule has 0 atom stereocenters. The molecule has 3 rings (SSSR count). The summed E-state index contributed by atoms with van der Waals surface area (Å²) in [7, 11) is 0. The smallest absolute Gasteiger partial charge is 0.269 e. The van der Waals surface area contributed by atoms with Crippen molar-refractivity contribution in [1.29, 1.82) is 0 Å². The van der Waals surface area contributed by atoms with Gasteiger partial charge in [-0.2, -0.15) is 0 Å². The minimum atomic E-state index is -0.519. The quantitative estimate of drug-likeness (QED) is 0.563. The SMILES string of the molecule is O=[N+]([O-])c1ccc(-c2onc(-c3cc(F)ccc3Cl)c2CO)cc1. The number of rotatable bonds is 4. The van der Waals surface area contributed by atoms with Crippen molar-refractivity contribution in [3.05, 3.63) is 69.0 Å². The third-order valence-corrected chi connectivity index (χ3v) is 3.80. The molecule has 0 fully saturated rings. The van der Waals surface area contributed by atoms with Crippen LogP contribution < -0.4 is 0 Å². The molecule has 1 N–H and O–H groups in total. The molecule has 6 nitrogen and oxygen atoms in total. The van der Waals surface area contributed by atoms with Crippen molar-refractivity contribution in [3.8, 4) is 22.6 Å². The first-order valence-electron chi connectivity index (χ1n) is 6.81. The van der Waals surface area contributed by atoms with Gasteiger partial charge in [-0.1, -0.05) is 16.8 Å². The summed E-state index contributed by atoms with van der Waals surface area (Å²) in [6.45, 7) is -0.419. The van der Waals surface area contributed by atoms with E-state index >= 15 is 0 Å². The van der Waals surface area contributed by atoms with Gasteiger partial charge in [-0.3, -0.25) is 10.1 Å². The average Bonchev–Trinajstić information content (AvgIpc) is 3.00. The number of nitro benzene ring substituents is 1. The maximum Gasteiger partial charge on any atom is 0.269 e. The number of aliphatic hydroxyl groups excluding tert-OH is 1. The highest BCUT2D eigenvalue weighted by Crippen LogP contribution is 2.36. The minimum absolute atomic E-state index is 0.0720. The van der Waals surface area contributed by atoms with E-state index in [1.807, 2.05) is 0 Å². The lowest BCUT2D eigenvalue weighted by Gasteiger charge is -2.03. The molecule has 8 heteroatoms. The monoisotopic (exact) mass is 348 g/mol. The molecule has 0 spiro atoms. The van der Waals surface area contributed by atoms with Crippen LogP contribution in [0.4, 0.5) is 10.1 Å². The number of nitrogens with zero attached hydrogens (tertiary/aromatic N) is 2. The summed E-state index contributed by atoms with van der Waals surface area (Å²) in [5, 5.41) is 24.5. The highest BCUT2D eigenvalue weighted by molar-refractivity contribution is 6.33. The molecule has 0 saturated carbocycles. The van der Waals surface area contributed by atoms with E-state index in [1.165, 1.54) is 42.5 Å². The van der Waals surface area contributed by atoms with E-state index in [-0.39, 0.29) is 27.7 Å². The molecule has 1 aromatic heterocycles. The Bertz CT molecular complexity index is 909. The van der Waals surface area contributed by atoms with E-state index in [9.17, 15) is 19.6 Å². The van der Waals surface area contributed by atoms with Crippen LogP contribution in [0.5, 0.6) is 0 Å². The number of non-ortho nitro benzene ring substituents is 1. The highest BCUT2D eigenvalue weighted by Gasteiger charge is 2.21. The molecule has 0 bridgehead atoms. The molecular weight excluding hydrogens is 339 g/mol. The number of aromatic nitrogens is 1.